The third-order valence-electron chi connectivity index (χ3n) is 4.28. The fourth-order valence-electron chi connectivity index (χ4n) is 2.96. The van der Waals surface area contributed by atoms with Crippen LogP contribution in [0.25, 0.3) is 0 Å². The molecule has 1 aliphatic heterocycles. The number of ether oxygens (including phenoxy) is 4. The Hall–Kier alpha value is -2.40. The molecule has 24 heavy (non-hydrogen) atoms. The Bertz CT molecular complexity index is 702. The molecule has 0 saturated carbocycles. The molecule has 0 fully saturated rings. The molecule has 5 nitrogen and oxygen atoms in total. The maximum atomic E-state index is 6.05. The summed E-state index contributed by atoms with van der Waals surface area (Å²) in [4.78, 5) is 0. The van der Waals surface area contributed by atoms with Gasteiger partial charge in [0.2, 0.25) is 0 Å². The van der Waals surface area contributed by atoms with Gasteiger partial charge in [0, 0.05) is 5.92 Å². The first kappa shape index (κ1) is 16.5. The normalized spacial score (nSPS) is 14.1. The monoisotopic (exact) mass is 329 g/mol. The second kappa shape index (κ2) is 7.45. The van der Waals surface area contributed by atoms with E-state index in [1.165, 1.54) is 0 Å². The zero-order chi connectivity index (χ0) is 16.9. The molecular weight excluding hydrogens is 306 g/mol. The summed E-state index contributed by atoms with van der Waals surface area (Å²) in [6.07, 6.45) is 0.760. The maximum Gasteiger partial charge on any atom is 0.161 e. The van der Waals surface area contributed by atoms with Crippen molar-refractivity contribution in [3.8, 4) is 23.0 Å². The van der Waals surface area contributed by atoms with Crippen molar-refractivity contribution < 1.29 is 18.9 Å². The van der Waals surface area contributed by atoms with Crippen LogP contribution in [-0.4, -0.2) is 34.0 Å². The van der Waals surface area contributed by atoms with Gasteiger partial charge in [-0.3, -0.25) is 0 Å². The minimum absolute atomic E-state index is 0.154. The number of nitrogens with two attached hydrogens (primary N) is 1. The fraction of sp³-hybridized carbons (Fsp3) is 0.368. The summed E-state index contributed by atoms with van der Waals surface area (Å²) in [6, 6.07) is 11.8. The molecule has 2 aromatic carbocycles. The Morgan fingerprint density at radius 2 is 1.79 bits per heavy atom. The molecule has 0 saturated heterocycles. The minimum Gasteiger partial charge on any atom is -0.497 e. The Balaban J connectivity index is 1.87. The molecule has 1 heterocycles. The van der Waals surface area contributed by atoms with Gasteiger partial charge in [-0.2, -0.15) is 0 Å². The first-order valence-electron chi connectivity index (χ1n) is 8.05. The van der Waals surface area contributed by atoms with Crippen LogP contribution >= 0.6 is 0 Å². The van der Waals surface area contributed by atoms with Gasteiger partial charge in [-0.15, -0.1) is 0 Å². The zero-order valence-corrected chi connectivity index (χ0v) is 14.1. The summed E-state index contributed by atoms with van der Waals surface area (Å²) < 4.78 is 22.1. The van der Waals surface area contributed by atoms with Gasteiger partial charge in [0.15, 0.2) is 11.5 Å². The quantitative estimate of drug-likeness (QED) is 0.883. The number of methoxy groups -OCH3 is 2. The smallest absolute Gasteiger partial charge is 0.161 e. The Labute approximate surface area is 142 Å². The lowest BCUT2D eigenvalue weighted by Gasteiger charge is -2.22. The highest BCUT2D eigenvalue weighted by Crippen LogP contribution is 2.35. The van der Waals surface area contributed by atoms with Crippen molar-refractivity contribution in [2.24, 2.45) is 5.73 Å². The van der Waals surface area contributed by atoms with Crippen LogP contribution in [0.15, 0.2) is 36.4 Å². The van der Waals surface area contributed by atoms with E-state index < -0.39 is 0 Å². The zero-order valence-electron chi connectivity index (χ0n) is 14.1. The highest BCUT2D eigenvalue weighted by atomic mass is 16.6. The molecule has 3 rings (SSSR count). The van der Waals surface area contributed by atoms with Gasteiger partial charge in [0.25, 0.3) is 0 Å². The summed E-state index contributed by atoms with van der Waals surface area (Å²) in [7, 11) is 3.33. The van der Waals surface area contributed by atoms with E-state index in [1.54, 1.807) is 14.2 Å². The number of hydrogen-bond donors (Lipinski definition) is 1. The predicted molar refractivity (Wildman–Crippen MR) is 92.5 cm³/mol. The molecule has 0 aliphatic carbocycles. The number of rotatable bonds is 6. The largest absolute Gasteiger partial charge is 0.497 e. The molecule has 2 aromatic rings. The molecule has 0 spiro atoms. The highest BCUT2D eigenvalue weighted by Gasteiger charge is 2.18. The predicted octanol–water partition coefficient (Wildman–Crippen LogP) is 2.76. The summed E-state index contributed by atoms with van der Waals surface area (Å²) >= 11 is 0. The second-order valence-corrected chi connectivity index (χ2v) is 5.72. The number of fused-ring (bicyclic) bond motifs is 1. The summed E-state index contributed by atoms with van der Waals surface area (Å²) in [5, 5.41) is 0. The van der Waals surface area contributed by atoms with Crippen molar-refractivity contribution in [3.63, 3.8) is 0 Å². The molecule has 1 aliphatic rings. The first-order valence-corrected chi connectivity index (χ1v) is 8.05. The molecular formula is C19H23NO4. The van der Waals surface area contributed by atoms with Gasteiger partial charge >= 0.3 is 0 Å². The van der Waals surface area contributed by atoms with Crippen LogP contribution in [-0.2, 0) is 6.42 Å². The SMILES string of the molecule is COc1ccc(OC)c(CC(CN)c2ccc3c(c2)OCCO3)c1. The third-order valence-corrected chi connectivity index (χ3v) is 4.28. The molecule has 128 valence electrons. The van der Waals surface area contributed by atoms with Crippen LogP contribution in [0.2, 0.25) is 0 Å². The molecule has 0 aromatic heterocycles. The van der Waals surface area contributed by atoms with Crippen LogP contribution in [0, 0.1) is 0 Å². The van der Waals surface area contributed by atoms with Crippen molar-refractivity contribution in [1.82, 2.24) is 0 Å². The Morgan fingerprint density at radius 1 is 1.00 bits per heavy atom. The summed E-state index contributed by atoms with van der Waals surface area (Å²) in [5.41, 5.74) is 8.25. The van der Waals surface area contributed by atoms with E-state index in [0.717, 1.165) is 40.5 Å². The third kappa shape index (κ3) is 3.41. The molecule has 0 bridgehead atoms. The maximum absolute atomic E-state index is 6.05. The second-order valence-electron chi connectivity index (χ2n) is 5.72. The molecule has 2 N–H and O–H groups in total. The molecule has 5 heteroatoms. The van der Waals surface area contributed by atoms with E-state index in [2.05, 4.69) is 6.07 Å². The standard InChI is InChI=1S/C19H23NO4/c1-21-16-4-6-17(22-2)14(10-16)9-15(12-20)13-3-5-18-19(11-13)24-8-7-23-18/h3-6,10-11,15H,7-9,12,20H2,1-2H3. The van der Waals surface area contributed by atoms with Gasteiger partial charge in [-0.25, -0.2) is 0 Å². The Kier molecular flexibility index (Phi) is 5.11. The van der Waals surface area contributed by atoms with Crippen molar-refractivity contribution in [3.05, 3.63) is 47.5 Å². The van der Waals surface area contributed by atoms with E-state index in [4.69, 9.17) is 24.7 Å². The van der Waals surface area contributed by atoms with E-state index in [0.29, 0.717) is 19.8 Å². The topological polar surface area (TPSA) is 62.9 Å². The first-order chi connectivity index (χ1) is 11.7. The summed E-state index contributed by atoms with van der Waals surface area (Å²) in [6.45, 7) is 1.70. The van der Waals surface area contributed by atoms with Crippen LogP contribution in [0.4, 0.5) is 0 Å². The molecule has 1 atom stereocenters. The summed E-state index contributed by atoms with van der Waals surface area (Å²) in [5.74, 6) is 3.38. The molecule has 1 unspecified atom stereocenters. The average Bonchev–Trinajstić information content (AvgIpc) is 2.65. The lowest BCUT2D eigenvalue weighted by molar-refractivity contribution is 0.171. The van der Waals surface area contributed by atoms with Crippen LogP contribution in [0.1, 0.15) is 17.0 Å². The van der Waals surface area contributed by atoms with E-state index >= 15 is 0 Å². The van der Waals surface area contributed by atoms with Crippen LogP contribution in [0.3, 0.4) is 0 Å². The van der Waals surface area contributed by atoms with Gasteiger partial charge in [0.05, 0.1) is 14.2 Å². The van der Waals surface area contributed by atoms with Crippen molar-refractivity contribution in [2.45, 2.75) is 12.3 Å². The van der Waals surface area contributed by atoms with Crippen molar-refractivity contribution in [2.75, 3.05) is 34.0 Å². The van der Waals surface area contributed by atoms with Crippen molar-refractivity contribution in [1.29, 1.82) is 0 Å². The van der Waals surface area contributed by atoms with Crippen molar-refractivity contribution >= 4 is 0 Å². The average molecular weight is 329 g/mol. The van der Waals surface area contributed by atoms with Crippen LogP contribution < -0.4 is 24.7 Å². The Morgan fingerprint density at radius 3 is 2.50 bits per heavy atom. The number of benzene rings is 2. The fourth-order valence-corrected chi connectivity index (χ4v) is 2.96. The van der Waals surface area contributed by atoms with E-state index in [9.17, 15) is 0 Å². The van der Waals surface area contributed by atoms with E-state index in [-0.39, 0.29) is 5.92 Å². The molecule has 0 radical (unpaired) electrons. The van der Waals surface area contributed by atoms with Gasteiger partial charge in [-0.1, -0.05) is 6.07 Å². The minimum atomic E-state index is 0.154. The van der Waals surface area contributed by atoms with Gasteiger partial charge < -0.3 is 24.7 Å². The highest BCUT2D eigenvalue weighted by molar-refractivity contribution is 5.46. The van der Waals surface area contributed by atoms with Gasteiger partial charge in [0.1, 0.15) is 24.7 Å². The van der Waals surface area contributed by atoms with Gasteiger partial charge in [-0.05, 0) is 54.4 Å². The number of hydrogen-bond acceptors (Lipinski definition) is 5. The van der Waals surface area contributed by atoms with E-state index in [1.807, 2.05) is 30.3 Å². The lowest BCUT2D eigenvalue weighted by Crippen LogP contribution is -2.18. The lowest BCUT2D eigenvalue weighted by atomic mass is 9.91. The van der Waals surface area contributed by atoms with Crippen LogP contribution in [0.5, 0.6) is 23.0 Å². The molecule has 0 amide bonds.